The van der Waals surface area contributed by atoms with Crippen molar-refractivity contribution in [1.29, 1.82) is 0 Å². The third-order valence-corrected chi connectivity index (χ3v) is 8.48. The van der Waals surface area contributed by atoms with Crippen molar-refractivity contribution >= 4 is 22.3 Å². The third kappa shape index (κ3) is 6.33. The van der Waals surface area contributed by atoms with Crippen LogP contribution in [0.2, 0.25) is 0 Å². The number of carbonyl (C=O) groups is 1. The normalized spacial score (nSPS) is 14.7. The van der Waals surface area contributed by atoms with Crippen molar-refractivity contribution in [3.63, 3.8) is 0 Å². The van der Waals surface area contributed by atoms with Crippen LogP contribution < -0.4 is 4.74 Å². The quantitative estimate of drug-likeness (QED) is 0.204. The Kier molecular flexibility index (Phi) is 8.54. The highest BCUT2D eigenvalue weighted by Gasteiger charge is 2.19. The van der Waals surface area contributed by atoms with E-state index in [1.807, 2.05) is 52.5 Å². The minimum absolute atomic E-state index is 0.0124. The van der Waals surface area contributed by atoms with Gasteiger partial charge in [-0.15, -0.1) is 0 Å². The molecule has 6 rings (SSSR count). The number of nitrogens with zero attached hydrogens (tertiary/aromatic N) is 7. The molecule has 0 unspecified atom stereocenters. The molecular weight excluding hydrogens is 538 g/mol. The van der Waals surface area contributed by atoms with Crippen molar-refractivity contribution in [2.45, 2.75) is 46.6 Å². The lowest BCUT2D eigenvalue weighted by molar-refractivity contribution is 0.0987. The van der Waals surface area contributed by atoms with Gasteiger partial charge in [-0.2, -0.15) is 5.10 Å². The van der Waals surface area contributed by atoms with Gasteiger partial charge in [0.1, 0.15) is 23.7 Å². The predicted octanol–water partition coefficient (Wildman–Crippen LogP) is 5.00. The number of imidazole rings is 1. The summed E-state index contributed by atoms with van der Waals surface area (Å²) in [6, 6.07) is 16.1. The second-order valence-electron chi connectivity index (χ2n) is 11.7. The maximum atomic E-state index is 13.6. The average molecular weight is 580 g/mol. The molecule has 9 heteroatoms. The van der Waals surface area contributed by atoms with E-state index in [2.05, 4.69) is 53.8 Å². The van der Waals surface area contributed by atoms with E-state index in [0.29, 0.717) is 30.4 Å². The van der Waals surface area contributed by atoms with Gasteiger partial charge in [-0.1, -0.05) is 39.0 Å². The first-order valence-electron chi connectivity index (χ1n) is 15.4. The number of fused-ring (bicyclic) bond motifs is 2. The highest BCUT2D eigenvalue weighted by atomic mass is 16.5. The Bertz CT molecular complexity index is 1730. The minimum Gasteiger partial charge on any atom is -0.492 e. The van der Waals surface area contributed by atoms with Crippen molar-refractivity contribution in [3.8, 4) is 5.75 Å². The van der Waals surface area contributed by atoms with Gasteiger partial charge in [0, 0.05) is 62.5 Å². The summed E-state index contributed by atoms with van der Waals surface area (Å²) in [5.74, 6) is 1.15. The monoisotopic (exact) mass is 579 g/mol. The first-order chi connectivity index (χ1) is 20.9. The molecule has 1 aliphatic rings. The van der Waals surface area contributed by atoms with Crippen molar-refractivity contribution in [2.24, 2.45) is 0 Å². The maximum Gasteiger partial charge on any atom is 0.185 e. The molecule has 5 aromatic rings. The number of Topliss-reactive ketones (excluding diaryl/α,β-unsaturated/α-hetero) is 1. The second kappa shape index (κ2) is 12.7. The Hall–Kier alpha value is -4.08. The molecule has 1 saturated heterocycles. The molecule has 0 saturated carbocycles. The van der Waals surface area contributed by atoms with Gasteiger partial charge in [0.25, 0.3) is 0 Å². The molecule has 0 atom stereocenters. The molecule has 4 aromatic heterocycles. The van der Waals surface area contributed by atoms with Crippen LogP contribution in [0.3, 0.4) is 0 Å². The average Bonchev–Trinajstić information content (AvgIpc) is 3.58. The molecule has 0 bridgehead atoms. The number of aryl methyl sites for hydroxylation is 1. The topological polar surface area (TPSA) is 80.8 Å². The van der Waals surface area contributed by atoms with Crippen LogP contribution in [0.1, 0.15) is 59.8 Å². The van der Waals surface area contributed by atoms with Gasteiger partial charge < -0.3 is 9.64 Å². The number of pyridine rings is 2. The van der Waals surface area contributed by atoms with Gasteiger partial charge in [0.15, 0.2) is 5.78 Å². The lowest BCUT2D eigenvalue weighted by Crippen LogP contribution is -2.47. The van der Waals surface area contributed by atoms with Crippen molar-refractivity contribution < 1.29 is 9.53 Å². The summed E-state index contributed by atoms with van der Waals surface area (Å²) < 4.78 is 9.89. The fourth-order valence-corrected chi connectivity index (χ4v) is 5.98. The molecular formula is C34H41N7O2. The lowest BCUT2D eigenvalue weighted by Gasteiger charge is -2.33. The van der Waals surface area contributed by atoms with Crippen LogP contribution in [0.25, 0.3) is 16.6 Å². The highest BCUT2D eigenvalue weighted by Crippen LogP contribution is 2.25. The number of rotatable bonds is 11. The Morgan fingerprint density at radius 1 is 1.02 bits per heavy atom. The smallest absolute Gasteiger partial charge is 0.185 e. The highest BCUT2D eigenvalue weighted by molar-refractivity contribution is 5.99. The molecule has 1 fully saturated rings. The minimum atomic E-state index is 0.0124. The van der Waals surface area contributed by atoms with Crippen molar-refractivity contribution in [3.05, 3.63) is 89.3 Å². The van der Waals surface area contributed by atoms with Gasteiger partial charge in [-0.05, 0) is 49.2 Å². The Labute approximate surface area is 253 Å². The van der Waals surface area contributed by atoms with Crippen LogP contribution in [0.4, 0.5) is 0 Å². The standard InChI is InChI=1S/C34H41N7O2/c1-5-38-14-16-39(17-15-38)18-19-43-28-12-13-40-31(22-35-33(40)21-28)32(42)20-26-8-6-11-30-34(26)25(4)37-41(30)23-27-9-7-10-29(36-27)24(2)3/h6-13,21-22,24H,5,14-20,23H2,1-4H3. The summed E-state index contributed by atoms with van der Waals surface area (Å²) >= 11 is 0. The summed E-state index contributed by atoms with van der Waals surface area (Å²) in [4.78, 5) is 27.9. The largest absolute Gasteiger partial charge is 0.492 e. The van der Waals surface area contributed by atoms with Gasteiger partial charge in [-0.3, -0.25) is 23.8 Å². The first-order valence-corrected chi connectivity index (χ1v) is 15.4. The number of aromatic nitrogens is 5. The lowest BCUT2D eigenvalue weighted by atomic mass is 10.0. The predicted molar refractivity (Wildman–Crippen MR) is 169 cm³/mol. The van der Waals surface area contributed by atoms with Crippen LogP contribution in [-0.4, -0.2) is 85.6 Å². The molecule has 0 spiro atoms. The zero-order valence-corrected chi connectivity index (χ0v) is 25.7. The molecule has 0 aliphatic carbocycles. The number of ketones is 1. The molecule has 1 aliphatic heterocycles. The van der Waals surface area contributed by atoms with Gasteiger partial charge in [-0.25, -0.2) is 4.98 Å². The van der Waals surface area contributed by atoms with Crippen LogP contribution in [0, 0.1) is 6.92 Å². The number of carbonyl (C=O) groups excluding carboxylic acids is 1. The molecule has 43 heavy (non-hydrogen) atoms. The summed E-state index contributed by atoms with van der Waals surface area (Å²) in [6.45, 7) is 16.2. The zero-order valence-electron chi connectivity index (χ0n) is 25.7. The SMILES string of the molecule is CCN1CCN(CCOc2ccn3c(C(=O)Cc4cccc5c4c(C)nn5Cc4cccc(C(C)C)n4)cnc3c2)CC1. The van der Waals surface area contributed by atoms with Gasteiger partial charge >= 0.3 is 0 Å². The number of piperazine rings is 1. The zero-order chi connectivity index (χ0) is 29.9. The van der Waals surface area contributed by atoms with Gasteiger partial charge in [0.2, 0.25) is 0 Å². The summed E-state index contributed by atoms with van der Waals surface area (Å²) in [6.07, 6.45) is 3.81. The fraction of sp³-hybridized carbons (Fsp3) is 0.412. The Balaban J connectivity index is 1.14. The summed E-state index contributed by atoms with van der Waals surface area (Å²) in [5, 5.41) is 5.86. The van der Waals surface area contributed by atoms with E-state index in [1.54, 1.807) is 6.20 Å². The number of likely N-dealkylation sites (N-methyl/N-ethyl adjacent to an activating group) is 1. The van der Waals surface area contributed by atoms with E-state index in [0.717, 1.165) is 78.6 Å². The van der Waals surface area contributed by atoms with Crippen LogP contribution in [-0.2, 0) is 13.0 Å². The molecule has 0 radical (unpaired) electrons. The molecule has 5 heterocycles. The van der Waals surface area contributed by atoms with Crippen molar-refractivity contribution in [1.82, 2.24) is 33.9 Å². The third-order valence-electron chi connectivity index (χ3n) is 8.48. The Morgan fingerprint density at radius 3 is 2.60 bits per heavy atom. The fourth-order valence-electron chi connectivity index (χ4n) is 5.98. The van der Waals surface area contributed by atoms with E-state index in [-0.39, 0.29) is 12.2 Å². The summed E-state index contributed by atoms with van der Waals surface area (Å²) in [5.41, 5.74) is 6.19. The molecule has 1 aromatic carbocycles. The first kappa shape index (κ1) is 29.0. The number of hydrogen-bond donors (Lipinski definition) is 0. The van der Waals surface area contributed by atoms with Crippen LogP contribution in [0.15, 0.2) is 60.9 Å². The number of ether oxygens (including phenoxy) is 1. The van der Waals surface area contributed by atoms with Crippen LogP contribution >= 0.6 is 0 Å². The molecule has 224 valence electrons. The molecule has 0 N–H and O–H groups in total. The number of benzene rings is 1. The van der Waals surface area contributed by atoms with E-state index in [9.17, 15) is 4.79 Å². The van der Waals surface area contributed by atoms with Crippen LogP contribution in [0.5, 0.6) is 5.75 Å². The van der Waals surface area contributed by atoms with E-state index >= 15 is 0 Å². The van der Waals surface area contributed by atoms with E-state index in [1.165, 1.54) is 0 Å². The van der Waals surface area contributed by atoms with Crippen molar-refractivity contribution in [2.75, 3.05) is 45.9 Å². The second-order valence-corrected chi connectivity index (χ2v) is 11.7. The van der Waals surface area contributed by atoms with E-state index in [4.69, 9.17) is 14.8 Å². The molecule has 0 amide bonds. The van der Waals surface area contributed by atoms with Gasteiger partial charge in [0.05, 0.1) is 29.6 Å². The number of hydrogen-bond acceptors (Lipinski definition) is 7. The molecule has 9 nitrogen and oxygen atoms in total. The maximum absolute atomic E-state index is 13.6. The summed E-state index contributed by atoms with van der Waals surface area (Å²) in [7, 11) is 0. The van der Waals surface area contributed by atoms with E-state index < -0.39 is 0 Å². The Morgan fingerprint density at radius 2 is 1.81 bits per heavy atom.